The molecule has 0 spiro atoms. The number of nitrogens with zero attached hydrogens (tertiary/aromatic N) is 1. The van der Waals surface area contributed by atoms with Crippen LogP contribution in [-0.2, 0) is 9.53 Å². The maximum Gasteiger partial charge on any atom is 0.251 e. The molecule has 86 valence electrons. The molecule has 1 atom stereocenters. The summed E-state index contributed by atoms with van der Waals surface area (Å²) in [5.41, 5.74) is 0. The molecular weight excluding hydrogens is 214 g/mol. The molecule has 1 aliphatic carbocycles. The van der Waals surface area contributed by atoms with Crippen molar-refractivity contribution in [3.05, 3.63) is 0 Å². The normalized spacial score (nSPS) is 26.3. The van der Waals surface area contributed by atoms with Gasteiger partial charge in [0.1, 0.15) is 6.10 Å². The lowest BCUT2D eigenvalue weighted by Crippen LogP contribution is -2.49. The van der Waals surface area contributed by atoms with Gasteiger partial charge in [-0.1, -0.05) is 0 Å². The molecule has 2 fully saturated rings. The Kier molecular flexibility index (Phi) is 3.87. The molecular formula is C11H18ClNO2. The minimum absolute atomic E-state index is 0.165. The number of hydrogen-bond acceptors (Lipinski definition) is 2. The van der Waals surface area contributed by atoms with E-state index in [2.05, 4.69) is 0 Å². The van der Waals surface area contributed by atoms with Crippen LogP contribution in [0.3, 0.4) is 0 Å². The lowest BCUT2D eigenvalue weighted by atomic mass is 9.91. The van der Waals surface area contributed by atoms with Gasteiger partial charge in [0.25, 0.3) is 5.91 Å². The second-order valence-corrected chi connectivity index (χ2v) is 4.68. The van der Waals surface area contributed by atoms with E-state index in [9.17, 15) is 4.79 Å². The molecule has 1 aliphatic heterocycles. The van der Waals surface area contributed by atoms with Crippen molar-refractivity contribution in [2.45, 2.75) is 44.2 Å². The summed E-state index contributed by atoms with van der Waals surface area (Å²) in [7, 11) is 0. The van der Waals surface area contributed by atoms with Crippen LogP contribution in [0.5, 0.6) is 0 Å². The zero-order chi connectivity index (χ0) is 10.7. The summed E-state index contributed by atoms with van der Waals surface area (Å²) in [5.74, 6) is 0.687. The van der Waals surface area contributed by atoms with Gasteiger partial charge in [-0.2, -0.15) is 0 Å². The minimum Gasteiger partial charge on any atom is -0.368 e. The maximum absolute atomic E-state index is 12.1. The number of carbonyl (C=O) groups is 1. The fraction of sp³-hybridized carbons (Fsp3) is 0.909. The van der Waals surface area contributed by atoms with Crippen LogP contribution in [-0.4, -0.2) is 42.0 Å². The molecule has 0 N–H and O–H groups in total. The standard InChI is InChI=1S/C11H18ClNO2/c12-6-7-13(9-3-1-4-9)11(14)10-5-2-8-15-10/h9-10H,1-8H2. The van der Waals surface area contributed by atoms with E-state index in [1.807, 2.05) is 4.90 Å². The van der Waals surface area contributed by atoms with Gasteiger partial charge in [-0.05, 0) is 32.1 Å². The highest BCUT2D eigenvalue weighted by atomic mass is 35.5. The Morgan fingerprint density at radius 3 is 2.60 bits per heavy atom. The molecule has 1 unspecified atom stereocenters. The van der Waals surface area contributed by atoms with Gasteiger partial charge in [0, 0.05) is 25.1 Å². The number of amides is 1. The number of halogens is 1. The summed E-state index contributed by atoms with van der Waals surface area (Å²) in [6.45, 7) is 1.40. The van der Waals surface area contributed by atoms with Gasteiger partial charge >= 0.3 is 0 Å². The quantitative estimate of drug-likeness (QED) is 0.691. The van der Waals surface area contributed by atoms with Gasteiger partial charge in [-0.25, -0.2) is 0 Å². The molecule has 1 saturated heterocycles. The van der Waals surface area contributed by atoms with Crippen molar-refractivity contribution in [2.75, 3.05) is 19.0 Å². The van der Waals surface area contributed by atoms with E-state index in [1.165, 1.54) is 6.42 Å². The Bertz CT molecular complexity index is 225. The molecule has 4 heteroatoms. The third kappa shape index (κ3) is 2.45. The zero-order valence-corrected chi connectivity index (χ0v) is 9.71. The van der Waals surface area contributed by atoms with Gasteiger partial charge in [-0.15, -0.1) is 11.6 Å². The lowest BCUT2D eigenvalue weighted by molar-refractivity contribution is -0.144. The van der Waals surface area contributed by atoms with Crippen LogP contribution in [0.25, 0.3) is 0 Å². The van der Waals surface area contributed by atoms with Gasteiger partial charge < -0.3 is 9.64 Å². The Morgan fingerprint density at radius 2 is 2.13 bits per heavy atom. The first-order valence-corrected chi connectivity index (χ1v) is 6.34. The molecule has 15 heavy (non-hydrogen) atoms. The van der Waals surface area contributed by atoms with Crippen molar-refractivity contribution in [3.8, 4) is 0 Å². The molecule has 0 radical (unpaired) electrons. The summed E-state index contributed by atoms with van der Waals surface area (Å²) in [6.07, 6.45) is 5.21. The van der Waals surface area contributed by atoms with E-state index >= 15 is 0 Å². The number of hydrogen-bond donors (Lipinski definition) is 0. The van der Waals surface area contributed by atoms with E-state index in [0.717, 1.165) is 32.3 Å². The first-order chi connectivity index (χ1) is 7.33. The number of alkyl halides is 1. The fourth-order valence-electron chi connectivity index (χ4n) is 2.22. The molecule has 0 bridgehead atoms. The van der Waals surface area contributed by atoms with Crippen LogP contribution in [0.15, 0.2) is 0 Å². The van der Waals surface area contributed by atoms with Crippen molar-refractivity contribution < 1.29 is 9.53 Å². The van der Waals surface area contributed by atoms with Gasteiger partial charge in [0.05, 0.1) is 0 Å². The molecule has 2 rings (SSSR count). The Balaban J connectivity index is 1.92. The summed E-state index contributed by atoms with van der Waals surface area (Å²) in [4.78, 5) is 14.0. The average molecular weight is 232 g/mol. The number of ether oxygens (including phenoxy) is 1. The molecule has 1 saturated carbocycles. The van der Waals surface area contributed by atoms with E-state index in [-0.39, 0.29) is 12.0 Å². The molecule has 2 aliphatic rings. The minimum atomic E-state index is -0.186. The van der Waals surface area contributed by atoms with Crippen LogP contribution in [0.1, 0.15) is 32.1 Å². The van der Waals surface area contributed by atoms with E-state index in [0.29, 0.717) is 18.5 Å². The average Bonchev–Trinajstić information content (AvgIpc) is 2.66. The molecule has 3 nitrogen and oxygen atoms in total. The van der Waals surface area contributed by atoms with E-state index in [1.54, 1.807) is 0 Å². The first-order valence-electron chi connectivity index (χ1n) is 5.81. The van der Waals surface area contributed by atoms with Crippen molar-refractivity contribution in [1.29, 1.82) is 0 Å². The smallest absolute Gasteiger partial charge is 0.251 e. The van der Waals surface area contributed by atoms with Gasteiger partial charge in [0.2, 0.25) is 0 Å². The predicted molar refractivity (Wildman–Crippen MR) is 59.0 cm³/mol. The monoisotopic (exact) mass is 231 g/mol. The van der Waals surface area contributed by atoms with Gasteiger partial charge in [0.15, 0.2) is 0 Å². The van der Waals surface area contributed by atoms with Crippen molar-refractivity contribution >= 4 is 17.5 Å². The third-order valence-electron chi connectivity index (χ3n) is 3.33. The molecule has 0 aromatic carbocycles. The highest BCUT2D eigenvalue weighted by Gasteiger charge is 2.34. The first kappa shape index (κ1) is 11.2. The Morgan fingerprint density at radius 1 is 1.33 bits per heavy atom. The number of carbonyl (C=O) groups excluding carboxylic acids is 1. The van der Waals surface area contributed by atoms with E-state index < -0.39 is 0 Å². The Labute approximate surface area is 95.7 Å². The number of rotatable bonds is 4. The second kappa shape index (κ2) is 5.17. The third-order valence-corrected chi connectivity index (χ3v) is 3.50. The lowest BCUT2D eigenvalue weighted by Gasteiger charge is -2.38. The highest BCUT2D eigenvalue weighted by Crippen LogP contribution is 2.27. The second-order valence-electron chi connectivity index (χ2n) is 4.31. The molecule has 0 aromatic heterocycles. The predicted octanol–water partition coefficient (Wildman–Crippen LogP) is 1.79. The Hall–Kier alpha value is -0.280. The molecule has 0 aromatic rings. The highest BCUT2D eigenvalue weighted by molar-refractivity contribution is 6.18. The molecule has 1 amide bonds. The van der Waals surface area contributed by atoms with Crippen LogP contribution in [0.2, 0.25) is 0 Å². The van der Waals surface area contributed by atoms with Gasteiger partial charge in [-0.3, -0.25) is 4.79 Å². The van der Waals surface area contributed by atoms with Crippen molar-refractivity contribution in [2.24, 2.45) is 0 Å². The SMILES string of the molecule is O=C(C1CCCO1)N(CCCl)C1CCC1. The molecule has 1 heterocycles. The summed E-state index contributed by atoms with van der Waals surface area (Å²) < 4.78 is 5.43. The van der Waals surface area contributed by atoms with Crippen LogP contribution in [0.4, 0.5) is 0 Å². The maximum atomic E-state index is 12.1. The van der Waals surface area contributed by atoms with Crippen LogP contribution in [0, 0.1) is 0 Å². The van der Waals surface area contributed by atoms with Crippen LogP contribution >= 0.6 is 11.6 Å². The van der Waals surface area contributed by atoms with Crippen LogP contribution < -0.4 is 0 Å². The van der Waals surface area contributed by atoms with E-state index in [4.69, 9.17) is 16.3 Å². The zero-order valence-electron chi connectivity index (χ0n) is 8.95. The van der Waals surface area contributed by atoms with Crippen molar-refractivity contribution in [3.63, 3.8) is 0 Å². The fourth-order valence-corrected chi connectivity index (χ4v) is 2.40. The summed E-state index contributed by atoms with van der Waals surface area (Å²) in [6, 6.07) is 0.431. The van der Waals surface area contributed by atoms with Crippen molar-refractivity contribution in [1.82, 2.24) is 4.90 Å². The topological polar surface area (TPSA) is 29.5 Å². The summed E-state index contributed by atoms with van der Waals surface area (Å²) >= 11 is 5.74. The summed E-state index contributed by atoms with van der Waals surface area (Å²) in [5, 5.41) is 0. The largest absolute Gasteiger partial charge is 0.368 e.